The van der Waals surface area contributed by atoms with Gasteiger partial charge in [0.15, 0.2) is 0 Å². The van der Waals surface area contributed by atoms with Gasteiger partial charge in [-0.25, -0.2) is 19.6 Å². The van der Waals surface area contributed by atoms with E-state index in [1.165, 1.54) is 12.1 Å². The number of nitrogens with one attached hydrogen (secondary N) is 3. The Bertz CT molecular complexity index is 1690. The number of urea groups is 1. The van der Waals surface area contributed by atoms with Crippen molar-refractivity contribution in [1.29, 1.82) is 0 Å². The van der Waals surface area contributed by atoms with Gasteiger partial charge >= 0.3 is 12.0 Å². The van der Waals surface area contributed by atoms with Gasteiger partial charge in [0.05, 0.1) is 27.0 Å². The van der Waals surface area contributed by atoms with Gasteiger partial charge in [-0.05, 0) is 60.5 Å². The van der Waals surface area contributed by atoms with E-state index in [2.05, 4.69) is 37.7 Å². The number of amides is 2. The van der Waals surface area contributed by atoms with E-state index in [1.54, 1.807) is 34.6 Å². The number of hydrogen-bond donors (Lipinski definition) is 4. The van der Waals surface area contributed by atoms with E-state index in [1.807, 2.05) is 29.8 Å². The Morgan fingerprint density at radius 3 is 2.81 bits per heavy atom. The fraction of sp³-hybridized carbons (Fsp3) is 0.111. The SMILES string of the molecule is O=C(O)c1cccc(NC(=O)N2CC=C(c3cc4c(Nc5ccc6ncsc6c5)ccnc4[nH]3)CC2)c1. The van der Waals surface area contributed by atoms with E-state index >= 15 is 0 Å². The molecule has 10 heteroatoms. The minimum atomic E-state index is -1.03. The highest BCUT2D eigenvalue weighted by Gasteiger charge is 2.20. The molecule has 4 N–H and O–H groups in total. The van der Waals surface area contributed by atoms with E-state index in [0.29, 0.717) is 25.2 Å². The highest BCUT2D eigenvalue weighted by Crippen LogP contribution is 2.31. The number of rotatable bonds is 5. The molecule has 5 aromatic rings. The van der Waals surface area contributed by atoms with Crippen LogP contribution >= 0.6 is 11.3 Å². The number of carboxylic acid groups (broad SMARTS) is 1. The Morgan fingerprint density at radius 2 is 1.97 bits per heavy atom. The lowest BCUT2D eigenvalue weighted by Gasteiger charge is -2.26. The average molecular weight is 511 g/mol. The van der Waals surface area contributed by atoms with Crippen LogP contribution in [0.1, 0.15) is 22.5 Å². The fourth-order valence-corrected chi connectivity index (χ4v) is 5.14. The first-order chi connectivity index (χ1) is 18.0. The number of carbonyl (C=O) groups excluding carboxylic acids is 1. The number of carbonyl (C=O) groups is 2. The number of carboxylic acids is 1. The van der Waals surface area contributed by atoms with Gasteiger partial charge in [-0.3, -0.25) is 0 Å². The molecular weight excluding hydrogens is 488 g/mol. The molecule has 0 spiro atoms. The first-order valence-electron chi connectivity index (χ1n) is 11.7. The molecule has 6 rings (SSSR count). The molecule has 0 bridgehead atoms. The minimum absolute atomic E-state index is 0.129. The van der Waals surface area contributed by atoms with Crippen molar-refractivity contribution in [2.45, 2.75) is 6.42 Å². The van der Waals surface area contributed by atoms with Gasteiger partial charge in [0.1, 0.15) is 5.65 Å². The van der Waals surface area contributed by atoms with Crippen LogP contribution < -0.4 is 10.6 Å². The van der Waals surface area contributed by atoms with Crippen LogP contribution in [0.25, 0.3) is 26.8 Å². The molecule has 1 aliphatic rings. The van der Waals surface area contributed by atoms with Crippen LogP contribution in [-0.2, 0) is 0 Å². The summed E-state index contributed by atoms with van der Waals surface area (Å²) in [6.45, 7) is 0.988. The van der Waals surface area contributed by atoms with Crippen molar-refractivity contribution in [2.24, 2.45) is 0 Å². The maximum Gasteiger partial charge on any atom is 0.335 e. The van der Waals surface area contributed by atoms with Crippen LogP contribution in [0.4, 0.5) is 21.9 Å². The highest BCUT2D eigenvalue weighted by atomic mass is 32.1. The number of benzene rings is 2. The van der Waals surface area contributed by atoms with Crippen molar-refractivity contribution in [3.63, 3.8) is 0 Å². The number of aromatic amines is 1. The molecule has 184 valence electrons. The zero-order valence-corrected chi connectivity index (χ0v) is 20.4. The Labute approximate surface area is 215 Å². The minimum Gasteiger partial charge on any atom is -0.478 e. The highest BCUT2D eigenvalue weighted by molar-refractivity contribution is 7.16. The second-order valence-electron chi connectivity index (χ2n) is 8.71. The number of H-pyrrole nitrogens is 1. The topological polar surface area (TPSA) is 123 Å². The third kappa shape index (κ3) is 4.62. The first kappa shape index (κ1) is 22.7. The molecule has 1 aliphatic heterocycles. The van der Waals surface area contributed by atoms with Crippen LogP contribution in [0.15, 0.2) is 72.4 Å². The second-order valence-corrected chi connectivity index (χ2v) is 9.59. The van der Waals surface area contributed by atoms with E-state index < -0.39 is 5.97 Å². The predicted molar refractivity (Wildman–Crippen MR) is 146 cm³/mol. The maximum absolute atomic E-state index is 12.7. The third-order valence-electron chi connectivity index (χ3n) is 6.35. The van der Waals surface area contributed by atoms with Crippen LogP contribution in [0.2, 0.25) is 0 Å². The van der Waals surface area contributed by atoms with Crippen LogP contribution in [-0.4, -0.2) is 50.0 Å². The summed E-state index contributed by atoms with van der Waals surface area (Å²) in [6.07, 6.45) is 4.49. The molecule has 3 aromatic heterocycles. The normalized spacial score (nSPS) is 13.5. The maximum atomic E-state index is 12.7. The molecule has 0 saturated heterocycles. The smallest absolute Gasteiger partial charge is 0.335 e. The lowest BCUT2D eigenvalue weighted by molar-refractivity contribution is 0.0697. The molecule has 9 nitrogen and oxygen atoms in total. The predicted octanol–water partition coefficient (Wildman–Crippen LogP) is 5.94. The standard InChI is InChI=1S/C27H22N6O3S/c34-26(35)17-2-1-3-18(12-17)31-27(36)33-10-7-16(8-11-33)23-14-20-21(6-9-28-25(20)32-23)30-19-4-5-22-24(13-19)37-15-29-22/h1-7,9,12-15H,8,10-11H2,(H,31,36)(H,34,35)(H2,28,30,32). The number of thiazole rings is 1. The van der Waals surface area contributed by atoms with E-state index in [9.17, 15) is 9.59 Å². The van der Waals surface area contributed by atoms with Gasteiger partial charge in [-0.15, -0.1) is 11.3 Å². The molecule has 2 aromatic carbocycles. The van der Waals surface area contributed by atoms with Crippen LogP contribution in [0.5, 0.6) is 0 Å². The summed E-state index contributed by atoms with van der Waals surface area (Å²) < 4.78 is 1.13. The molecule has 0 fully saturated rings. The summed E-state index contributed by atoms with van der Waals surface area (Å²) >= 11 is 1.61. The molecule has 4 heterocycles. The number of hydrogen-bond acceptors (Lipinski definition) is 6. The van der Waals surface area contributed by atoms with Crippen LogP contribution in [0, 0.1) is 0 Å². The van der Waals surface area contributed by atoms with Crippen molar-refractivity contribution in [3.05, 3.63) is 83.6 Å². The number of aromatic nitrogens is 3. The summed E-state index contributed by atoms with van der Waals surface area (Å²) in [6, 6.07) is 16.1. The molecule has 0 saturated carbocycles. The largest absolute Gasteiger partial charge is 0.478 e. The molecule has 0 aliphatic carbocycles. The number of nitrogens with zero attached hydrogens (tertiary/aromatic N) is 3. The van der Waals surface area contributed by atoms with Crippen molar-refractivity contribution in [3.8, 4) is 0 Å². The summed E-state index contributed by atoms with van der Waals surface area (Å²) in [4.78, 5) is 37.9. The molecule has 0 radical (unpaired) electrons. The van der Waals surface area contributed by atoms with Gasteiger partial charge in [-0.2, -0.15) is 0 Å². The van der Waals surface area contributed by atoms with Gasteiger partial charge in [0.25, 0.3) is 0 Å². The van der Waals surface area contributed by atoms with Gasteiger partial charge in [-0.1, -0.05) is 12.1 Å². The van der Waals surface area contributed by atoms with Gasteiger partial charge in [0.2, 0.25) is 0 Å². The Morgan fingerprint density at radius 1 is 1.05 bits per heavy atom. The Balaban J connectivity index is 1.17. The number of pyridine rings is 1. The van der Waals surface area contributed by atoms with Gasteiger partial charge < -0.3 is 25.6 Å². The van der Waals surface area contributed by atoms with Crippen molar-refractivity contribution in [1.82, 2.24) is 19.9 Å². The van der Waals surface area contributed by atoms with Crippen LogP contribution in [0.3, 0.4) is 0 Å². The lowest BCUT2D eigenvalue weighted by Crippen LogP contribution is -2.37. The zero-order valence-electron chi connectivity index (χ0n) is 19.6. The second kappa shape index (κ2) is 9.40. The quantitative estimate of drug-likeness (QED) is 0.232. The van der Waals surface area contributed by atoms with Crippen molar-refractivity contribution >= 4 is 67.2 Å². The molecular formula is C27H22N6O3S. The molecule has 0 atom stereocenters. The average Bonchev–Trinajstić information content (AvgIpc) is 3.56. The van der Waals surface area contributed by atoms with Crippen molar-refractivity contribution < 1.29 is 14.7 Å². The monoisotopic (exact) mass is 510 g/mol. The Hall–Kier alpha value is -4.70. The Kier molecular flexibility index (Phi) is 5.78. The molecule has 37 heavy (non-hydrogen) atoms. The number of anilines is 3. The fourth-order valence-electron chi connectivity index (χ4n) is 4.43. The number of aromatic carboxylic acids is 1. The molecule has 0 unspecified atom stereocenters. The summed E-state index contributed by atoms with van der Waals surface area (Å²) in [7, 11) is 0. The molecule has 2 amide bonds. The third-order valence-corrected chi connectivity index (χ3v) is 7.14. The first-order valence-corrected chi connectivity index (χ1v) is 12.6. The number of fused-ring (bicyclic) bond motifs is 2. The van der Waals surface area contributed by atoms with E-state index in [0.717, 1.165) is 43.9 Å². The zero-order chi connectivity index (χ0) is 25.4. The van der Waals surface area contributed by atoms with E-state index in [4.69, 9.17) is 5.11 Å². The van der Waals surface area contributed by atoms with E-state index in [-0.39, 0.29) is 11.6 Å². The summed E-state index contributed by atoms with van der Waals surface area (Å²) in [5.74, 6) is -1.03. The van der Waals surface area contributed by atoms with Crippen molar-refractivity contribution in [2.75, 3.05) is 23.7 Å². The van der Waals surface area contributed by atoms with Gasteiger partial charge in [0, 0.05) is 41.7 Å². The lowest BCUT2D eigenvalue weighted by atomic mass is 10.0. The summed E-state index contributed by atoms with van der Waals surface area (Å²) in [5, 5.41) is 16.4. The summed E-state index contributed by atoms with van der Waals surface area (Å²) in [5.41, 5.74) is 8.24.